The number of hydrogen-bond donors (Lipinski definition) is 0. The number of carbonyl (C=O) groups excluding carboxylic acids is 1. The molecule has 2 aliphatic rings. The van der Waals surface area contributed by atoms with Gasteiger partial charge in [0.2, 0.25) is 0 Å². The molecule has 0 spiro atoms. The fraction of sp³-hybridized carbons (Fsp3) is 0.650. The highest BCUT2D eigenvalue weighted by Gasteiger charge is 2.55. The van der Waals surface area contributed by atoms with Crippen molar-refractivity contribution in [3.05, 3.63) is 35.9 Å². The molecule has 2 aliphatic heterocycles. The molecule has 2 saturated heterocycles. The first-order chi connectivity index (χ1) is 11.9. The molecule has 2 heterocycles. The molecule has 6 atom stereocenters. The van der Waals surface area contributed by atoms with Gasteiger partial charge in [0.15, 0.2) is 5.79 Å². The number of rotatable bonds is 6. The molecule has 0 amide bonds. The van der Waals surface area contributed by atoms with E-state index in [-0.39, 0.29) is 35.9 Å². The first kappa shape index (κ1) is 18.4. The molecule has 138 valence electrons. The number of methoxy groups -OCH3 is 1. The number of fused-ring (bicyclic) bond motifs is 1. The van der Waals surface area contributed by atoms with E-state index in [2.05, 4.69) is 13.8 Å². The Morgan fingerprint density at radius 3 is 2.72 bits per heavy atom. The lowest BCUT2D eigenvalue weighted by atomic mass is 9.80. The molecule has 0 unspecified atom stereocenters. The summed E-state index contributed by atoms with van der Waals surface area (Å²) >= 11 is 0. The van der Waals surface area contributed by atoms with Gasteiger partial charge in [0, 0.05) is 25.4 Å². The molecule has 5 heteroatoms. The lowest BCUT2D eigenvalue weighted by Crippen LogP contribution is -2.49. The lowest BCUT2D eigenvalue weighted by Gasteiger charge is -2.39. The Hall–Kier alpha value is -1.43. The Morgan fingerprint density at radius 1 is 1.32 bits per heavy atom. The molecule has 3 rings (SSSR count). The van der Waals surface area contributed by atoms with Gasteiger partial charge in [-0.2, -0.15) is 0 Å². The number of hydrogen-bond acceptors (Lipinski definition) is 5. The van der Waals surface area contributed by atoms with E-state index in [1.165, 1.54) is 0 Å². The van der Waals surface area contributed by atoms with Crippen LogP contribution in [0.2, 0.25) is 0 Å². The van der Waals surface area contributed by atoms with Crippen molar-refractivity contribution in [1.29, 1.82) is 0 Å². The maximum absolute atomic E-state index is 12.4. The fourth-order valence-corrected chi connectivity index (χ4v) is 3.94. The minimum absolute atomic E-state index is 0.0987. The smallest absolute Gasteiger partial charge is 0.312 e. The number of carbonyl (C=O) groups is 1. The van der Waals surface area contributed by atoms with Crippen molar-refractivity contribution in [2.75, 3.05) is 13.7 Å². The maximum atomic E-state index is 12.4. The van der Waals surface area contributed by atoms with Crippen LogP contribution in [0.25, 0.3) is 0 Å². The molecule has 0 bridgehead atoms. The molecule has 0 aromatic heterocycles. The van der Waals surface area contributed by atoms with Gasteiger partial charge in [0.25, 0.3) is 0 Å². The second-order valence-corrected chi connectivity index (χ2v) is 7.47. The zero-order valence-electron chi connectivity index (χ0n) is 15.4. The topological polar surface area (TPSA) is 54.0 Å². The van der Waals surface area contributed by atoms with Crippen LogP contribution in [0.1, 0.15) is 32.8 Å². The molecular formula is C20H28O5. The third-order valence-corrected chi connectivity index (χ3v) is 5.45. The first-order valence-corrected chi connectivity index (χ1v) is 8.98. The average Bonchev–Trinajstić information content (AvgIpc) is 2.98. The van der Waals surface area contributed by atoms with Crippen LogP contribution in [-0.2, 0) is 30.3 Å². The molecule has 0 N–H and O–H groups in total. The fourth-order valence-electron chi connectivity index (χ4n) is 3.94. The van der Waals surface area contributed by atoms with Crippen LogP contribution in [0.5, 0.6) is 0 Å². The van der Waals surface area contributed by atoms with Crippen LogP contribution in [0.4, 0.5) is 0 Å². The van der Waals surface area contributed by atoms with Crippen molar-refractivity contribution in [2.24, 2.45) is 17.8 Å². The van der Waals surface area contributed by atoms with Crippen LogP contribution < -0.4 is 0 Å². The van der Waals surface area contributed by atoms with Gasteiger partial charge >= 0.3 is 5.97 Å². The molecule has 1 aromatic carbocycles. The van der Waals surface area contributed by atoms with Crippen LogP contribution in [-0.4, -0.2) is 37.7 Å². The lowest BCUT2D eigenvalue weighted by molar-refractivity contribution is -0.222. The zero-order chi connectivity index (χ0) is 18.0. The molecule has 2 fully saturated rings. The molecule has 5 nitrogen and oxygen atoms in total. The van der Waals surface area contributed by atoms with Crippen LogP contribution in [0, 0.1) is 17.8 Å². The third-order valence-electron chi connectivity index (χ3n) is 5.45. The SMILES string of the molecule is CO[C@@]1(C)C[C@H]2C(=O)O[C@@H]([C@H](C)COCc3ccccc3)[C@H](C)[C@H]2O1. The molecule has 0 saturated carbocycles. The van der Waals surface area contributed by atoms with Gasteiger partial charge in [-0.25, -0.2) is 0 Å². The van der Waals surface area contributed by atoms with Crippen LogP contribution in [0.15, 0.2) is 30.3 Å². The van der Waals surface area contributed by atoms with E-state index < -0.39 is 5.79 Å². The monoisotopic (exact) mass is 348 g/mol. The number of esters is 1. The number of cyclic esters (lactones) is 1. The summed E-state index contributed by atoms with van der Waals surface area (Å²) in [6, 6.07) is 10.1. The minimum Gasteiger partial charge on any atom is -0.461 e. The van der Waals surface area contributed by atoms with Gasteiger partial charge in [0.1, 0.15) is 6.10 Å². The largest absolute Gasteiger partial charge is 0.461 e. The highest BCUT2D eigenvalue weighted by atomic mass is 16.7. The van der Waals surface area contributed by atoms with E-state index >= 15 is 0 Å². The molecule has 0 aliphatic carbocycles. The average molecular weight is 348 g/mol. The van der Waals surface area contributed by atoms with Crippen molar-refractivity contribution in [3.8, 4) is 0 Å². The van der Waals surface area contributed by atoms with Crippen molar-refractivity contribution < 1.29 is 23.7 Å². The van der Waals surface area contributed by atoms with Crippen molar-refractivity contribution >= 4 is 5.97 Å². The maximum Gasteiger partial charge on any atom is 0.312 e. The van der Waals surface area contributed by atoms with Crippen molar-refractivity contribution in [3.63, 3.8) is 0 Å². The second kappa shape index (κ2) is 7.44. The Morgan fingerprint density at radius 2 is 2.04 bits per heavy atom. The molecule has 0 radical (unpaired) electrons. The number of benzene rings is 1. The summed E-state index contributed by atoms with van der Waals surface area (Å²) in [5, 5.41) is 0. The Balaban J connectivity index is 1.58. The second-order valence-electron chi connectivity index (χ2n) is 7.47. The van der Waals surface area contributed by atoms with Crippen molar-refractivity contribution in [1.82, 2.24) is 0 Å². The molecule has 25 heavy (non-hydrogen) atoms. The zero-order valence-corrected chi connectivity index (χ0v) is 15.4. The summed E-state index contributed by atoms with van der Waals surface area (Å²) in [6.45, 7) is 7.13. The standard InChI is InChI=1S/C20H28O5/c1-13(11-23-12-15-8-6-5-7-9-15)17-14(2)18-16(19(21)24-17)10-20(3,22-4)25-18/h5-9,13-14,16-18H,10-12H2,1-4H3/t13-,14+,16-,17+,18-,20-/m1/s1. The predicted molar refractivity (Wildman–Crippen MR) is 92.7 cm³/mol. The van der Waals surface area contributed by atoms with Crippen LogP contribution in [0.3, 0.4) is 0 Å². The van der Waals surface area contributed by atoms with Gasteiger partial charge in [-0.1, -0.05) is 44.2 Å². The summed E-state index contributed by atoms with van der Waals surface area (Å²) < 4.78 is 23.1. The molecular weight excluding hydrogens is 320 g/mol. The summed E-state index contributed by atoms with van der Waals surface area (Å²) in [5.41, 5.74) is 1.14. The van der Waals surface area contributed by atoms with E-state index in [9.17, 15) is 4.79 Å². The summed E-state index contributed by atoms with van der Waals surface area (Å²) in [6.07, 6.45) is 0.180. The minimum atomic E-state index is -0.704. The van der Waals surface area contributed by atoms with Gasteiger partial charge in [0.05, 0.1) is 25.2 Å². The van der Waals surface area contributed by atoms with E-state index in [1.807, 2.05) is 37.3 Å². The van der Waals surface area contributed by atoms with E-state index in [1.54, 1.807) is 7.11 Å². The van der Waals surface area contributed by atoms with Gasteiger partial charge in [-0.15, -0.1) is 0 Å². The van der Waals surface area contributed by atoms with Crippen molar-refractivity contribution in [2.45, 2.75) is 51.8 Å². The highest BCUT2D eigenvalue weighted by Crippen LogP contribution is 2.44. The highest BCUT2D eigenvalue weighted by molar-refractivity contribution is 5.75. The summed E-state index contributed by atoms with van der Waals surface area (Å²) in [4.78, 5) is 12.4. The predicted octanol–water partition coefficient (Wildman–Crippen LogP) is 3.17. The van der Waals surface area contributed by atoms with Gasteiger partial charge in [-0.05, 0) is 12.5 Å². The van der Waals surface area contributed by atoms with Crippen LogP contribution >= 0.6 is 0 Å². The molecule has 1 aromatic rings. The Kier molecular flexibility index (Phi) is 5.46. The van der Waals surface area contributed by atoms with E-state index in [4.69, 9.17) is 18.9 Å². The summed E-state index contributed by atoms with van der Waals surface area (Å²) in [5.74, 6) is -0.918. The summed E-state index contributed by atoms with van der Waals surface area (Å²) in [7, 11) is 1.62. The Bertz CT molecular complexity index is 589. The van der Waals surface area contributed by atoms with E-state index in [0.29, 0.717) is 19.6 Å². The quantitative estimate of drug-likeness (QED) is 0.739. The normalized spacial score (nSPS) is 35.9. The van der Waals surface area contributed by atoms with Gasteiger partial charge in [-0.3, -0.25) is 4.79 Å². The number of ether oxygens (including phenoxy) is 4. The third kappa shape index (κ3) is 3.89. The Labute approximate surface area is 149 Å². The van der Waals surface area contributed by atoms with Gasteiger partial charge < -0.3 is 18.9 Å². The van der Waals surface area contributed by atoms with E-state index in [0.717, 1.165) is 5.56 Å². The first-order valence-electron chi connectivity index (χ1n) is 8.98.